The van der Waals surface area contributed by atoms with E-state index in [0.29, 0.717) is 10.9 Å². The van der Waals surface area contributed by atoms with Crippen molar-refractivity contribution in [2.24, 2.45) is 0 Å². The number of nitrogens with one attached hydrogen (secondary N) is 1. The number of nitro groups is 1. The summed E-state index contributed by atoms with van der Waals surface area (Å²) in [5.74, 6) is -0.106. The van der Waals surface area contributed by atoms with Gasteiger partial charge in [-0.1, -0.05) is 23.7 Å². The predicted octanol–water partition coefficient (Wildman–Crippen LogP) is 4.94. The number of halogens is 1. The van der Waals surface area contributed by atoms with Crippen LogP contribution in [0, 0.1) is 17.0 Å². The zero-order chi connectivity index (χ0) is 23.5. The van der Waals surface area contributed by atoms with E-state index in [-0.39, 0.29) is 45.8 Å². The van der Waals surface area contributed by atoms with Crippen molar-refractivity contribution >= 4 is 34.2 Å². The molecule has 0 aliphatic heterocycles. The molecule has 0 amide bonds. The van der Waals surface area contributed by atoms with Crippen LogP contribution in [0.3, 0.4) is 0 Å². The number of nitrogens with zero attached hydrogens (tertiary/aromatic N) is 2. The topological polar surface area (TPSA) is 124 Å². The fourth-order valence-corrected chi connectivity index (χ4v) is 3.31. The van der Waals surface area contributed by atoms with Crippen molar-refractivity contribution in [1.82, 2.24) is 9.97 Å². The first-order chi connectivity index (χ1) is 15.8. The van der Waals surface area contributed by atoms with Crippen LogP contribution in [0.2, 0.25) is 5.02 Å². The third-order valence-electron chi connectivity index (χ3n) is 4.76. The van der Waals surface area contributed by atoms with Gasteiger partial charge in [-0.05, 0) is 55.0 Å². The Labute approximate surface area is 191 Å². The van der Waals surface area contributed by atoms with Gasteiger partial charge in [0.2, 0.25) is 5.75 Å². The number of benzene rings is 3. The number of aromatic amines is 1. The van der Waals surface area contributed by atoms with Crippen LogP contribution >= 0.6 is 11.6 Å². The third kappa shape index (κ3) is 4.83. The number of hydrogen-bond acceptors (Lipinski definition) is 7. The van der Waals surface area contributed by atoms with E-state index in [1.165, 1.54) is 42.5 Å². The Morgan fingerprint density at radius 3 is 2.64 bits per heavy atom. The molecule has 0 bridgehead atoms. The van der Waals surface area contributed by atoms with Gasteiger partial charge in [0.25, 0.3) is 5.56 Å². The second-order valence-corrected chi connectivity index (χ2v) is 7.49. The summed E-state index contributed by atoms with van der Waals surface area (Å²) in [6, 6.07) is 15.2. The predicted molar refractivity (Wildman–Crippen MR) is 121 cm³/mol. The molecular formula is C23H16ClN3O6. The highest BCUT2D eigenvalue weighted by molar-refractivity contribution is 6.30. The summed E-state index contributed by atoms with van der Waals surface area (Å²) in [6.45, 7) is 1.63. The second kappa shape index (κ2) is 9.09. The molecule has 4 aromatic rings. The number of para-hydroxylation sites is 1. The van der Waals surface area contributed by atoms with Gasteiger partial charge < -0.3 is 14.5 Å². The Morgan fingerprint density at radius 2 is 1.91 bits per heavy atom. The molecule has 0 fully saturated rings. The lowest BCUT2D eigenvalue weighted by Crippen LogP contribution is -2.15. The Hall–Kier alpha value is -4.24. The summed E-state index contributed by atoms with van der Waals surface area (Å²) >= 11 is 5.80. The summed E-state index contributed by atoms with van der Waals surface area (Å²) in [6.07, 6.45) is 0. The fraction of sp³-hybridized carbons (Fsp3) is 0.0870. The first-order valence-electron chi connectivity index (χ1n) is 9.69. The van der Waals surface area contributed by atoms with Crippen molar-refractivity contribution in [3.63, 3.8) is 0 Å². The Morgan fingerprint density at radius 1 is 1.15 bits per heavy atom. The fourth-order valence-electron chi connectivity index (χ4n) is 3.14. The number of carbonyl (C=O) groups excluding carboxylic acids is 1. The van der Waals surface area contributed by atoms with Gasteiger partial charge in [-0.2, -0.15) is 0 Å². The van der Waals surface area contributed by atoms with Gasteiger partial charge in [0, 0.05) is 11.1 Å². The smallest absolute Gasteiger partial charge is 0.338 e. The van der Waals surface area contributed by atoms with Crippen molar-refractivity contribution in [2.75, 3.05) is 0 Å². The average molecular weight is 466 g/mol. The number of fused-ring (bicyclic) bond motifs is 1. The lowest BCUT2D eigenvalue weighted by molar-refractivity contribution is -0.385. The van der Waals surface area contributed by atoms with Gasteiger partial charge in [0.1, 0.15) is 18.2 Å². The minimum absolute atomic E-state index is 0.0151. The lowest BCUT2D eigenvalue weighted by atomic mass is 10.1. The van der Waals surface area contributed by atoms with Crippen LogP contribution < -0.4 is 10.3 Å². The largest absolute Gasteiger partial charge is 0.454 e. The Balaban J connectivity index is 1.45. The monoisotopic (exact) mass is 465 g/mol. The Kier molecular flexibility index (Phi) is 6.05. The van der Waals surface area contributed by atoms with Gasteiger partial charge in [-0.15, -0.1) is 0 Å². The van der Waals surface area contributed by atoms with Gasteiger partial charge in [0.05, 0.1) is 21.4 Å². The van der Waals surface area contributed by atoms with Gasteiger partial charge in [-0.25, -0.2) is 9.78 Å². The van der Waals surface area contributed by atoms with E-state index in [9.17, 15) is 19.7 Å². The highest BCUT2D eigenvalue weighted by atomic mass is 35.5. The second-order valence-electron chi connectivity index (χ2n) is 7.06. The summed E-state index contributed by atoms with van der Waals surface area (Å²) in [4.78, 5) is 42.2. The number of carbonyl (C=O) groups is 1. The zero-order valence-electron chi connectivity index (χ0n) is 17.2. The molecule has 0 unspecified atom stereocenters. The summed E-state index contributed by atoms with van der Waals surface area (Å²) in [5.41, 5.74) is 1.02. The highest BCUT2D eigenvalue weighted by Gasteiger charge is 2.17. The maximum Gasteiger partial charge on any atom is 0.338 e. The molecule has 1 aromatic heterocycles. The van der Waals surface area contributed by atoms with Crippen molar-refractivity contribution in [3.8, 4) is 11.5 Å². The van der Waals surface area contributed by atoms with E-state index in [0.717, 1.165) is 5.56 Å². The minimum atomic E-state index is -0.633. The van der Waals surface area contributed by atoms with Crippen LogP contribution in [0.1, 0.15) is 21.7 Å². The molecule has 0 saturated heterocycles. The molecule has 0 aliphatic rings. The molecule has 0 spiro atoms. The molecule has 10 heteroatoms. The van der Waals surface area contributed by atoms with E-state index in [2.05, 4.69) is 9.97 Å². The normalized spacial score (nSPS) is 10.7. The number of aromatic nitrogens is 2. The molecule has 9 nitrogen and oxygen atoms in total. The third-order valence-corrected chi connectivity index (χ3v) is 5.00. The van der Waals surface area contributed by atoms with E-state index in [1.807, 2.05) is 13.0 Å². The molecule has 4 rings (SSSR count). The SMILES string of the molecule is Cc1cccc2c(=O)[nH]c(COC(=O)c3ccc(Oc4ccc(Cl)cc4[N+](=O)[O-])cc3)nc12. The standard InChI is InChI=1S/C23H16ClN3O6/c1-13-3-2-4-17-21(13)25-20(26-22(17)28)12-32-23(29)14-5-8-16(9-6-14)33-19-10-7-15(24)11-18(19)27(30)31/h2-11H,12H2,1H3,(H,25,26,28). The van der Waals surface area contributed by atoms with Crippen LogP contribution in [0.4, 0.5) is 5.69 Å². The molecule has 1 heterocycles. The molecule has 0 saturated carbocycles. The molecule has 0 radical (unpaired) electrons. The summed E-state index contributed by atoms with van der Waals surface area (Å²) < 4.78 is 10.8. The van der Waals surface area contributed by atoms with Crippen LogP contribution in [-0.4, -0.2) is 20.9 Å². The van der Waals surface area contributed by atoms with Crippen LogP contribution in [0.25, 0.3) is 10.9 Å². The summed E-state index contributed by atoms with van der Waals surface area (Å²) in [7, 11) is 0. The van der Waals surface area contributed by atoms with Crippen molar-refractivity contribution in [3.05, 3.63) is 103 Å². The highest BCUT2D eigenvalue weighted by Crippen LogP contribution is 2.33. The molecule has 33 heavy (non-hydrogen) atoms. The Bertz CT molecular complexity index is 1430. The summed E-state index contributed by atoms with van der Waals surface area (Å²) in [5, 5.41) is 11.9. The quantitative estimate of drug-likeness (QED) is 0.243. The van der Waals surface area contributed by atoms with Gasteiger partial charge in [-0.3, -0.25) is 14.9 Å². The number of hydrogen-bond donors (Lipinski definition) is 1. The average Bonchev–Trinajstić information content (AvgIpc) is 2.80. The molecule has 166 valence electrons. The molecule has 0 atom stereocenters. The first kappa shape index (κ1) is 22.0. The number of rotatable bonds is 6. The van der Waals surface area contributed by atoms with Gasteiger partial charge >= 0.3 is 11.7 Å². The first-order valence-corrected chi connectivity index (χ1v) is 10.1. The zero-order valence-corrected chi connectivity index (χ0v) is 18.0. The van der Waals surface area contributed by atoms with Crippen molar-refractivity contribution < 1.29 is 19.2 Å². The van der Waals surface area contributed by atoms with Crippen molar-refractivity contribution in [2.45, 2.75) is 13.5 Å². The van der Waals surface area contributed by atoms with Crippen LogP contribution in [0.15, 0.2) is 65.5 Å². The van der Waals surface area contributed by atoms with Crippen LogP contribution in [-0.2, 0) is 11.3 Å². The molecular weight excluding hydrogens is 450 g/mol. The molecule has 1 N–H and O–H groups in total. The maximum absolute atomic E-state index is 12.4. The van der Waals surface area contributed by atoms with E-state index < -0.39 is 10.9 Å². The molecule has 3 aromatic carbocycles. The van der Waals surface area contributed by atoms with Crippen LogP contribution in [0.5, 0.6) is 11.5 Å². The number of ether oxygens (including phenoxy) is 2. The maximum atomic E-state index is 12.4. The molecule has 0 aliphatic carbocycles. The van der Waals surface area contributed by atoms with E-state index >= 15 is 0 Å². The van der Waals surface area contributed by atoms with E-state index in [1.54, 1.807) is 12.1 Å². The number of esters is 1. The van der Waals surface area contributed by atoms with E-state index in [4.69, 9.17) is 21.1 Å². The lowest BCUT2D eigenvalue weighted by Gasteiger charge is -2.08. The number of H-pyrrole nitrogens is 1. The number of nitro benzene ring substituents is 1. The van der Waals surface area contributed by atoms with Gasteiger partial charge in [0.15, 0.2) is 0 Å². The minimum Gasteiger partial charge on any atom is -0.454 e. The number of aryl methyl sites for hydroxylation is 1. The van der Waals surface area contributed by atoms with Crippen molar-refractivity contribution in [1.29, 1.82) is 0 Å².